The maximum Gasteiger partial charge on any atom is 1.00 e. The Morgan fingerprint density at radius 3 is 2.00 bits per heavy atom. The van der Waals surface area contributed by atoms with Crippen molar-refractivity contribution in [3.05, 3.63) is 47.8 Å². The van der Waals surface area contributed by atoms with Crippen LogP contribution in [0.2, 0.25) is 0 Å². The summed E-state index contributed by atoms with van der Waals surface area (Å²) in [6, 6.07) is 14.4. The van der Waals surface area contributed by atoms with Crippen molar-refractivity contribution in [2.45, 2.75) is 0 Å². The van der Waals surface area contributed by atoms with E-state index in [2.05, 4.69) is 35.7 Å². The van der Waals surface area contributed by atoms with Crippen molar-refractivity contribution in [1.82, 2.24) is 0 Å². The fourth-order valence-electron chi connectivity index (χ4n) is 0.999. The number of benzene rings is 1. The summed E-state index contributed by atoms with van der Waals surface area (Å²) in [5.41, 5.74) is 1.28. The summed E-state index contributed by atoms with van der Waals surface area (Å²) < 4.78 is 29.0. The Morgan fingerprint density at radius 2 is 1.56 bits per heavy atom. The van der Waals surface area contributed by atoms with Gasteiger partial charge in [-0.2, -0.15) is 12.1 Å². The third-order valence-corrected chi connectivity index (χ3v) is 2.38. The van der Waals surface area contributed by atoms with E-state index in [1.165, 1.54) is 10.4 Å². The summed E-state index contributed by atoms with van der Waals surface area (Å²) in [6.07, 6.45) is 0. The third kappa shape index (κ3) is 6.88. The molecular formula is C10H7BF3KS. The molecule has 1 aromatic carbocycles. The van der Waals surface area contributed by atoms with Gasteiger partial charge in [0.1, 0.15) is 0 Å². The monoisotopic (exact) mass is 266 g/mol. The predicted octanol–water partition coefficient (Wildman–Crippen LogP) is 1.10. The van der Waals surface area contributed by atoms with Crippen LogP contribution < -0.4 is 51.4 Å². The Balaban J connectivity index is 0.000000397. The maximum atomic E-state index is 9.67. The Hall–Kier alpha value is 0.411. The fourth-order valence-corrected chi connectivity index (χ4v) is 1.65. The molecule has 2 rings (SSSR count). The largest absolute Gasteiger partial charge is 1.00 e. The van der Waals surface area contributed by atoms with E-state index in [4.69, 9.17) is 0 Å². The molecule has 16 heavy (non-hydrogen) atoms. The van der Waals surface area contributed by atoms with Gasteiger partial charge in [0.15, 0.2) is 0 Å². The average Bonchev–Trinajstić information content (AvgIpc) is 2.71. The Morgan fingerprint density at radius 1 is 1.00 bits per heavy atom. The number of rotatable bonds is 1. The van der Waals surface area contributed by atoms with Gasteiger partial charge in [-0.05, 0) is 0 Å². The van der Waals surface area contributed by atoms with Gasteiger partial charge in [0, 0.05) is 0 Å². The first-order valence-corrected chi connectivity index (χ1v) is 4.95. The number of hydrogen-bond acceptors (Lipinski definition) is 1. The second-order valence-electron chi connectivity index (χ2n) is 2.53. The standard InChI is InChI=1S/C10H7S.BF3.K/c1-2-5-9(6-3-1)10-7-4-8-11-10;2-1(3)4;/h1-7H;;/q-1;;+1. The van der Waals surface area contributed by atoms with Crippen LogP contribution in [0, 0.1) is 5.38 Å². The van der Waals surface area contributed by atoms with Crippen molar-refractivity contribution in [2.75, 3.05) is 0 Å². The quantitative estimate of drug-likeness (QED) is 0.535. The molecule has 0 aliphatic rings. The maximum absolute atomic E-state index is 9.67. The molecule has 1 aromatic heterocycles. The zero-order valence-corrected chi connectivity index (χ0v) is 12.6. The first kappa shape index (κ1) is 16.4. The topological polar surface area (TPSA) is 0 Å². The van der Waals surface area contributed by atoms with Crippen molar-refractivity contribution < 1.29 is 64.3 Å². The van der Waals surface area contributed by atoms with E-state index < -0.39 is 7.54 Å². The minimum atomic E-state index is -3.67. The van der Waals surface area contributed by atoms with Gasteiger partial charge in [0.2, 0.25) is 0 Å². The SMILES string of the molecule is FB(F)F.[K+].[c-]1ccc(-c2ccccc2)s1. The second kappa shape index (κ2) is 9.44. The van der Waals surface area contributed by atoms with Gasteiger partial charge in [-0.1, -0.05) is 35.9 Å². The van der Waals surface area contributed by atoms with Gasteiger partial charge < -0.3 is 0 Å². The van der Waals surface area contributed by atoms with Crippen LogP contribution in [-0.2, 0) is 0 Å². The van der Waals surface area contributed by atoms with Gasteiger partial charge >= 0.3 is 58.9 Å². The normalized spacial score (nSPS) is 8.44. The van der Waals surface area contributed by atoms with Crippen LogP contribution >= 0.6 is 11.3 Å². The molecule has 0 N–H and O–H groups in total. The van der Waals surface area contributed by atoms with Gasteiger partial charge in [-0.15, -0.1) is 10.3 Å². The number of hydrogen-bond donors (Lipinski definition) is 0. The van der Waals surface area contributed by atoms with Crippen molar-refractivity contribution in [2.24, 2.45) is 0 Å². The molecule has 78 valence electrons. The summed E-state index contributed by atoms with van der Waals surface area (Å²) in [4.78, 5) is 1.28. The summed E-state index contributed by atoms with van der Waals surface area (Å²) in [7, 11) is -3.67. The minimum Gasteiger partial charge on any atom is -0.296 e. The van der Waals surface area contributed by atoms with E-state index in [1.54, 1.807) is 11.3 Å². The summed E-state index contributed by atoms with van der Waals surface area (Å²) >= 11 is 1.65. The molecule has 0 aliphatic heterocycles. The molecule has 0 amide bonds. The van der Waals surface area contributed by atoms with Crippen LogP contribution in [0.1, 0.15) is 0 Å². The van der Waals surface area contributed by atoms with Crippen molar-refractivity contribution in [1.29, 1.82) is 0 Å². The number of thiophene rings is 1. The van der Waals surface area contributed by atoms with Crippen LogP contribution in [0.5, 0.6) is 0 Å². The van der Waals surface area contributed by atoms with E-state index >= 15 is 0 Å². The zero-order valence-electron chi connectivity index (χ0n) is 8.66. The van der Waals surface area contributed by atoms with Gasteiger partial charge in [-0.3, -0.25) is 24.3 Å². The van der Waals surface area contributed by atoms with Gasteiger partial charge in [0.25, 0.3) is 0 Å². The van der Waals surface area contributed by atoms with E-state index in [-0.39, 0.29) is 51.4 Å². The van der Waals surface area contributed by atoms with Gasteiger partial charge in [0.05, 0.1) is 0 Å². The fraction of sp³-hybridized carbons (Fsp3) is 0. The molecule has 0 saturated heterocycles. The molecule has 0 radical (unpaired) electrons. The molecule has 0 aliphatic carbocycles. The van der Waals surface area contributed by atoms with Crippen LogP contribution in [-0.4, -0.2) is 7.54 Å². The summed E-state index contributed by atoms with van der Waals surface area (Å²) in [5.74, 6) is 0. The first-order valence-electron chi connectivity index (χ1n) is 4.13. The molecule has 0 bridgehead atoms. The van der Waals surface area contributed by atoms with E-state index in [1.807, 2.05) is 12.1 Å². The minimum absolute atomic E-state index is 0. The van der Waals surface area contributed by atoms with Crippen molar-refractivity contribution in [3.8, 4) is 10.4 Å². The molecule has 1 heterocycles. The smallest absolute Gasteiger partial charge is 0.296 e. The Labute approximate surface area is 140 Å². The number of halogens is 3. The molecule has 0 atom stereocenters. The van der Waals surface area contributed by atoms with E-state index in [9.17, 15) is 12.9 Å². The van der Waals surface area contributed by atoms with E-state index in [0.717, 1.165) is 0 Å². The van der Waals surface area contributed by atoms with Crippen LogP contribution in [0.3, 0.4) is 0 Å². The molecular weight excluding hydrogens is 259 g/mol. The molecule has 0 fully saturated rings. The molecule has 0 saturated carbocycles. The molecule has 0 unspecified atom stereocenters. The predicted molar refractivity (Wildman–Crippen MR) is 57.7 cm³/mol. The van der Waals surface area contributed by atoms with Crippen molar-refractivity contribution >= 4 is 18.9 Å². The van der Waals surface area contributed by atoms with Crippen molar-refractivity contribution in [3.63, 3.8) is 0 Å². The Kier molecular flexibility index (Phi) is 9.68. The Bertz CT molecular complexity index is 364. The van der Waals surface area contributed by atoms with Crippen LogP contribution in [0.4, 0.5) is 12.9 Å². The molecule has 6 heteroatoms. The first-order chi connectivity index (χ1) is 7.20. The molecule has 0 nitrogen and oxygen atoms in total. The van der Waals surface area contributed by atoms with Crippen LogP contribution in [0.25, 0.3) is 10.4 Å². The molecule has 2 aromatic rings. The average molecular weight is 266 g/mol. The second-order valence-corrected chi connectivity index (χ2v) is 3.41. The summed E-state index contributed by atoms with van der Waals surface area (Å²) in [6.45, 7) is 0. The third-order valence-electron chi connectivity index (χ3n) is 1.53. The van der Waals surface area contributed by atoms with E-state index in [0.29, 0.717) is 0 Å². The molecule has 0 spiro atoms. The zero-order chi connectivity index (χ0) is 11.1. The van der Waals surface area contributed by atoms with Gasteiger partial charge in [-0.25, -0.2) is 0 Å². The van der Waals surface area contributed by atoms with Crippen LogP contribution in [0.15, 0.2) is 42.5 Å². The summed E-state index contributed by atoms with van der Waals surface area (Å²) in [5, 5.41) is 3.07.